The van der Waals surface area contributed by atoms with E-state index in [0.717, 1.165) is 0 Å². The summed E-state index contributed by atoms with van der Waals surface area (Å²) in [5, 5.41) is 2.67. The molecule has 0 bridgehead atoms. The second-order valence-corrected chi connectivity index (χ2v) is 2.61. The van der Waals surface area contributed by atoms with Crippen molar-refractivity contribution in [3.8, 4) is 0 Å². The van der Waals surface area contributed by atoms with Crippen LogP contribution in [0.3, 0.4) is 0 Å². The van der Waals surface area contributed by atoms with Crippen molar-refractivity contribution in [3.63, 3.8) is 0 Å². The highest BCUT2D eigenvalue weighted by atomic mass is 16.8. The first-order chi connectivity index (χ1) is 4.55. The molecular formula is C6H11NO3. The van der Waals surface area contributed by atoms with Crippen molar-refractivity contribution in [1.29, 1.82) is 0 Å². The molecule has 4 nitrogen and oxygen atoms in total. The van der Waals surface area contributed by atoms with Crippen LogP contribution in [0.15, 0.2) is 0 Å². The molecule has 0 aliphatic carbocycles. The minimum absolute atomic E-state index is 0.354. The van der Waals surface area contributed by atoms with Crippen molar-refractivity contribution in [2.45, 2.75) is 25.9 Å². The summed E-state index contributed by atoms with van der Waals surface area (Å²) in [6, 6.07) is 0. The zero-order valence-electron chi connectivity index (χ0n) is 6.30. The summed E-state index contributed by atoms with van der Waals surface area (Å²) in [5.41, 5.74) is 0. The molecule has 0 saturated carbocycles. The average molecular weight is 145 g/mol. The maximum absolute atomic E-state index is 10.8. The Morgan fingerprint density at radius 2 is 2.20 bits per heavy atom. The van der Waals surface area contributed by atoms with Crippen molar-refractivity contribution in [3.05, 3.63) is 0 Å². The van der Waals surface area contributed by atoms with E-state index in [4.69, 9.17) is 9.47 Å². The van der Waals surface area contributed by atoms with Gasteiger partial charge in [-0.3, -0.25) is 5.32 Å². The van der Waals surface area contributed by atoms with E-state index >= 15 is 0 Å². The second-order valence-electron chi connectivity index (χ2n) is 2.61. The maximum atomic E-state index is 10.8. The first-order valence-electron chi connectivity index (χ1n) is 3.13. The molecule has 1 saturated heterocycles. The third-order valence-electron chi connectivity index (χ3n) is 1.22. The van der Waals surface area contributed by atoms with Crippen LogP contribution >= 0.6 is 0 Å². The van der Waals surface area contributed by atoms with Crippen LogP contribution in [0.1, 0.15) is 13.8 Å². The van der Waals surface area contributed by atoms with E-state index in [1.807, 2.05) is 0 Å². The molecule has 1 fully saturated rings. The summed E-state index contributed by atoms with van der Waals surface area (Å²) in [6.45, 7) is 3.39. The summed E-state index contributed by atoms with van der Waals surface area (Å²) in [7, 11) is 1.65. The molecule has 4 heteroatoms. The van der Waals surface area contributed by atoms with Gasteiger partial charge in [0.05, 0.1) is 0 Å². The quantitative estimate of drug-likeness (QED) is 0.521. The lowest BCUT2D eigenvalue weighted by Crippen LogP contribution is -2.32. The van der Waals surface area contributed by atoms with Crippen LogP contribution < -0.4 is 5.32 Å². The molecule has 0 aromatic carbocycles. The maximum Gasteiger partial charge on any atom is 0.353 e. The van der Waals surface area contributed by atoms with Crippen LogP contribution in [0.5, 0.6) is 0 Å². The predicted octanol–water partition coefficient (Wildman–Crippen LogP) is -0.159. The first-order valence-corrected chi connectivity index (χ1v) is 3.13. The van der Waals surface area contributed by atoms with E-state index in [-0.39, 0.29) is 5.97 Å². The fourth-order valence-corrected chi connectivity index (χ4v) is 0.829. The molecule has 0 radical (unpaired) electrons. The third-order valence-corrected chi connectivity index (χ3v) is 1.22. The molecule has 1 aliphatic rings. The van der Waals surface area contributed by atoms with Crippen LogP contribution in [-0.4, -0.2) is 25.0 Å². The molecule has 0 aromatic rings. The molecule has 1 heterocycles. The van der Waals surface area contributed by atoms with Gasteiger partial charge in [-0.2, -0.15) is 0 Å². The molecule has 0 spiro atoms. The molecule has 0 unspecified atom stereocenters. The number of hydrogen-bond donors (Lipinski definition) is 1. The smallest absolute Gasteiger partial charge is 0.353 e. The predicted molar refractivity (Wildman–Crippen MR) is 34.1 cm³/mol. The number of ether oxygens (including phenoxy) is 2. The summed E-state index contributed by atoms with van der Waals surface area (Å²) in [5.74, 6) is -1.13. The lowest BCUT2D eigenvalue weighted by Gasteiger charge is -2.14. The van der Waals surface area contributed by atoms with Crippen molar-refractivity contribution in [1.82, 2.24) is 5.32 Å². The highest BCUT2D eigenvalue weighted by molar-refractivity contribution is 5.76. The molecule has 1 aliphatic heterocycles. The minimum Gasteiger partial charge on any atom is -0.431 e. The van der Waals surface area contributed by atoms with Gasteiger partial charge in [-0.15, -0.1) is 0 Å². The van der Waals surface area contributed by atoms with E-state index < -0.39 is 12.0 Å². The molecule has 1 atom stereocenters. The van der Waals surface area contributed by atoms with Crippen LogP contribution in [0, 0.1) is 0 Å². The summed E-state index contributed by atoms with van der Waals surface area (Å²) in [6.07, 6.45) is -0.602. The number of carbonyl (C=O) groups excluding carboxylic acids is 1. The van der Waals surface area contributed by atoms with Crippen molar-refractivity contribution >= 4 is 5.97 Å². The van der Waals surface area contributed by atoms with Gasteiger partial charge in [0.15, 0.2) is 0 Å². The molecule has 1 rings (SSSR count). The standard InChI is InChI=1S/C6H11NO3/c1-6(2)9-4(7-3)5(8)10-6/h4,7H,1-3H3/t4-/m0/s1. The highest BCUT2D eigenvalue weighted by Gasteiger charge is 2.39. The Balaban J connectivity index is 2.61. The van der Waals surface area contributed by atoms with Crippen LogP contribution in [0.4, 0.5) is 0 Å². The lowest BCUT2D eigenvalue weighted by atomic mass is 10.4. The van der Waals surface area contributed by atoms with Gasteiger partial charge < -0.3 is 9.47 Å². The SMILES string of the molecule is CN[C@H]1OC(C)(C)OC1=O. The van der Waals surface area contributed by atoms with Crippen molar-refractivity contribution in [2.24, 2.45) is 0 Å². The number of esters is 1. The summed E-state index contributed by atoms with van der Waals surface area (Å²) in [4.78, 5) is 10.8. The zero-order chi connectivity index (χ0) is 7.78. The number of cyclic esters (lactones) is 1. The van der Waals surface area contributed by atoms with Crippen LogP contribution in [-0.2, 0) is 14.3 Å². The largest absolute Gasteiger partial charge is 0.431 e. The zero-order valence-corrected chi connectivity index (χ0v) is 6.30. The average Bonchev–Trinajstić information content (AvgIpc) is 2.05. The second kappa shape index (κ2) is 2.21. The van der Waals surface area contributed by atoms with Gasteiger partial charge in [-0.1, -0.05) is 0 Å². The van der Waals surface area contributed by atoms with E-state index in [1.165, 1.54) is 0 Å². The Labute approximate surface area is 59.5 Å². The Morgan fingerprint density at radius 1 is 1.60 bits per heavy atom. The van der Waals surface area contributed by atoms with Gasteiger partial charge in [0.25, 0.3) is 0 Å². The van der Waals surface area contributed by atoms with Crippen LogP contribution in [0.25, 0.3) is 0 Å². The number of nitrogens with one attached hydrogen (secondary N) is 1. The van der Waals surface area contributed by atoms with E-state index in [0.29, 0.717) is 0 Å². The topological polar surface area (TPSA) is 47.6 Å². The fourth-order valence-electron chi connectivity index (χ4n) is 0.829. The summed E-state index contributed by atoms with van der Waals surface area (Å²) < 4.78 is 9.96. The molecule has 1 N–H and O–H groups in total. The molecule has 0 amide bonds. The van der Waals surface area contributed by atoms with Crippen molar-refractivity contribution in [2.75, 3.05) is 7.05 Å². The number of rotatable bonds is 1. The van der Waals surface area contributed by atoms with Gasteiger partial charge in [0.2, 0.25) is 12.0 Å². The van der Waals surface area contributed by atoms with E-state index in [9.17, 15) is 4.79 Å². The first kappa shape index (κ1) is 7.50. The number of hydrogen-bond acceptors (Lipinski definition) is 4. The third kappa shape index (κ3) is 1.27. The van der Waals surface area contributed by atoms with Gasteiger partial charge in [-0.25, -0.2) is 4.79 Å². The molecule has 10 heavy (non-hydrogen) atoms. The monoisotopic (exact) mass is 145 g/mol. The Morgan fingerprint density at radius 3 is 2.40 bits per heavy atom. The highest BCUT2D eigenvalue weighted by Crippen LogP contribution is 2.21. The van der Waals surface area contributed by atoms with Crippen molar-refractivity contribution < 1.29 is 14.3 Å². The number of likely N-dealkylation sites (N-methyl/N-ethyl adjacent to an activating group) is 1. The van der Waals surface area contributed by atoms with Gasteiger partial charge >= 0.3 is 5.97 Å². The number of carbonyl (C=O) groups is 1. The molecule has 58 valence electrons. The molecular weight excluding hydrogens is 134 g/mol. The summed E-state index contributed by atoms with van der Waals surface area (Å²) >= 11 is 0. The Bertz CT molecular complexity index is 155. The van der Waals surface area contributed by atoms with Crippen LogP contribution in [0.2, 0.25) is 0 Å². The van der Waals surface area contributed by atoms with Gasteiger partial charge in [-0.05, 0) is 7.05 Å². The fraction of sp³-hybridized carbons (Fsp3) is 0.833. The minimum atomic E-state index is -0.773. The van der Waals surface area contributed by atoms with Gasteiger partial charge in [0, 0.05) is 13.8 Å². The Kier molecular flexibility index (Phi) is 1.66. The lowest BCUT2D eigenvalue weighted by molar-refractivity contribution is -0.161. The Hall–Kier alpha value is -0.610. The normalized spacial score (nSPS) is 30.3. The molecule has 0 aromatic heterocycles. The van der Waals surface area contributed by atoms with Gasteiger partial charge in [0.1, 0.15) is 0 Å². The van der Waals surface area contributed by atoms with E-state index in [2.05, 4.69) is 5.32 Å². The van der Waals surface area contributed by atoms with E-state index in [1.54, 1.807) is 20.9 Å².